The largest absolute Gasteiger partial charge is 0.494 e. The number of benzene rings is 2. The Morgan fingerprint density at radius 2 is 1.82 bits per heavy atom. The predicted molar refractivity (Wildman–Crippen MR) is 133 cm³/mol. The number of nitrogens with one attached hydrogen (secondary N) is 1. The van der Waals surface area contributed by atoms with Crippen LogP contribution >= 0.6 is 11.3 Å². The van der Waals surface area contributed by atoms with Gasteiger partial charge in [-0.3, -0.25) is 4.90 Å². The number of halogens is 1. The van der Waals surface area contributed by atoms with E-state index in [0.29, 0.717) is 26.2 Å². The molecule has 0 bridgehead atoms. The zero-order valence-electron chi connectivity index (χ0n) is 19.5. The number of hydrogen-bond acceptors (Lipinski definition) is 6. The van der Waals surface area contributed by atoms with E-state index in [1.165, 1.54) is 22.6 Å². The van der Waals surface area contributed by atoms with E-state index in [4.69, 9.17) is 14.7 Å². The smallest absolute Gasteiger partial charge is 0.146 e. The molecule has 0 amide bonds. The Morgan fingerprint density at radius 3 is 2.58 bits per heavy atom. The first-order valence-electron chi connectivity index (χ1n) is 11.1. The summed E-state index contributed by atoms with van der Waals surface area (Å²) in [7, 11) is 2.02. The van der Waals surface area contributed by atoms with Crippen LogP contribution in [0.25, 0.3) is 10.2 Å². The SMILES string of the molecule is CCOc1cccc(CNc2nc(CN(C)Cc3ccc(F)cc3)nc3sc(C)c(C)c23)c1. The maximum absolute atomic E-state index is 13.2. The van der Waals surface area contributed by atoms with Gasteiger partial charge in [0.05, 0.1) is 18.5 Å². The summed E-state index contributed by atoms with van der Waals surface area (Å²) in [5, 5.41) is 4.62. The van der Waals surface area contributed by atoms with Crippen LogP contribution in [-0.4, -0.2) is 28.5 Å². The Hall–Kier alpha value is -3.03. The van der Waals surface area contributed by atoms with Crippen molar-refractivity contribution < 1.29 is 9.13 Å². The number of aromatic nitrogens is 2. The van der Waals surface area contributed by atoms with Crippen LogP contribution in [0.3, 0.4) is 0 Å². The number of anilines is 1. The van der Waals surface area contributed by atoms with E-state index in [-0.39, 0.29) is 5.82 Å². The fraction of sp³-hybridized carbons (Fsp3) is 0.308. The third kappa shape index (κ3) is 5.67. The predicted octanol–water partition coefficient (Wildman–Crippen LogP) is 6.09. The first-order valence-corrected chi connectivity index (χ1v) is 11.9. The Balaban J connectivity index is 1.56. The maximum atomic E-state index is 13.2. The summed E-state index contributed by atoms with van der Waals surface area (Å²) in [6, 6.07) is 14.7. The maximum Gasteiger partial charge on any atom is 0.146 e. The van der Waals surface area contributed by atoms with E-state index in [9.17, 15) is 4.39 Å². The van der Waals surface area contributed by atoms with Gasteiger partial charge in [-0.05, 0) is 68.8 Å². The average molecular weight is 465 g/mol. The Morgan fingerprint density at radius 1 is 1.03 bits per heavy atom. The number of fused-ring (bicyclic) bond motifs is 1. The lowest BCUT2D eigenvalue weighted by atomic mass is 10.2. The van der Waals surface area contributed by atoms with Gasteiger partial charge in [0.25, 0.3) is 0 Å². The fourth-order valence-corrected chi connectivity index (χ4v) is 4.84. The molecular formula is C26H29FN4OS. The van der Waals surface area contributed by atoms with Crippen LogP contribution in [0.2, 0.25) is 0 Å². The van der Waals surface area contributed by atoms with E-state index in [0.717, 1.165) is 38.7 Å². The lowest BCUT2D eigenvalue weighted by Crippen LogP contribution is -2.19. The second-order valence-corrected chi connectivity index (χ2v) is 9.39. The third-order valence-electron chi connectivity index (χ3n) is 5.52. The zero-order valence-corrected chi connectivity index (χ0v) is 20.3. The van der Waals surface area contributed by atoms with Gasteiger partial charge in [-0.1, -0.05) is 24.3 Å². The molecule has 0 atom stereocenters. The van der Waals surface area contributed by atoms with Crippen molar-refractivity contribution in [2.45, 2.75) is 40.4 Å². The highest BCUT2D eigenvalue weighted by molar-refractivity contribution is 7.18. The minimum atomic E-state index is -0.221. The van der Waals surface area contributed by atoms with Crippen molar-refractivity contribution in [3.05, 3.63) is 81.7 Å². The van der Waals surface area contributed by atoms with Crippen LogP contribution in [0.4, 0.5) is 10.2 Å². The number of ether oxygens (including phenoxy) is 1. The minimum absolute atomic E-state index is 0.221. The lowest BCUT2D eigenvalue weighted by molar-refractivity contribution is 0.311. The van der Waals surface area contributed by atoms with Gasteiger partial charge in [0.1, 0.15) is 28.0 Å². The first-order chi connectivity index (χ1) is 15.9. The normalized spacial score (nSPS) is 11.3. The van der Waals surface area contributed by atoms with Crippen LogP contribution in [0.5, 0.6) is 5.75 Å². The molecule has 2 aromatic carbocycles. The van der Waals surface area contributed by atoms with Crippen molar-refractivity contribution in [1.82, 2.24) is 14.9 Å². The summed E-state index contributed by atoms with van der Waals surface area (Å²) in [6.07, 6.45) is 0. The third-order valence-corrected chi connectivity index (χ3v) is 6.62. The van der Waals surface area contributed by atoms with Crippen molar-refractivity contribution in [3.8, 4) is 5.75 Å². The molecule has 172 valence electrons. The monoisotopic (exact) mass is 464 g/mol. The number of thiophene rings is 1. The van der Waals surface area contributed by atoms with E-state index >= 15 is 0 Å². The van der Waals surface area contributed by atoms with Crippen molar-refractivity contribution in [2.24, 2.45) is 0 Å². The molecule has 2 heterocycles. The summed E-state index contributed by atoms with van der Waals surface area (Å²) in [5.41, 5.74) is 3.40. The van der Waals surface area contributed by atoms with E-state index < -0.39 is 0 Å². The van der Waals surface area contributed by atoms with Crippen molar-refractivity contribution >= 4 is 27.4 Å². The van der Waals surface area contributed by atoms with Crippen LogP contribution in [-0.2, 0) is 19.6 Å². The summed E-state index contributed by atoms with van der Waals surface area (Å²) >= 11 is 1.70. The average Bonchev–Trinajstić information content (AvgIpc) is 3.07. The number of hydrogen-bond donors (Lipinski definition) is 1. The molecule has 0 spiro atoms. The van der Waals surface area contributed by atoms with E-state index in [2.05, 4.69) is 36.2 Å². The molecule has 33 heavy (non-hydrogen) atoms. The van der Waals surface area contributed by atoms with E-state index in [1.807, 2.05) is 38.2 Å². The van der Waals surface area contributed by atoms with Gasteiger partial charge in [0, 0.05) is 18.0 Å². The quantitative estimate of drug-likeness (QED) is 0.325. The molecule has 7 heteroatoms. The molecule has 0 aliphatic carbocycles. The Labute approximate surface area is 198 Å². The van der Waals surface area contributed by atoms with Crippen molar-refractivity contribution in [3.63, 3.8) is 0 Å². The lowest BCUT2D eigenvalue weighted by Gasteiger charge is -2.17. The molecule has 4 rings (SSSR count). The Kier molecular flexibility index (Phi) is 7.20. The number of rotatable bonds is 9. The first kappa shape index (κ1) is 23.1. The molecule has 0 unspecified atom stereocenters. The standard InChI is InChI=1S/C26H29FN4OS/c1-5-32-22-8-6-7-20(13-22)14-28-25-24-17(2)18(3)33-26(24)30-23(29-25)16-31(4)15-19-9-11-21(27)12-10-19/h6-13H,5,14-16H2,1-4H3,(H,28,29,30). The van der Waals surface area contributed by atoms with E-state index in [1.54, 1.807) is 11.3 Å². The molecule has 0 saturated carbocycles. The van der Waals surface area contributed by atoms with Gasteiger partial charge in [0.2, 0.25) is 0 Å². The van der Waals surface area contributed by atoms with Crippen molar-refractivity contribution in [2.75, 3.05) is 19.0 Å². The van der Waals surface area contributed by atoms with Gasteiger partial charge >= 0.3 is 0 Å². The molecule has 1 N–H and O–H groups in total. The molecule has 0 fully saturated rings. The van der Waals surface area contributed by atoms with Crippen molar-refractivity contribution in [1.29, 1.82) is 0 Å². The molecule has 0 saturated heterocycles. The van der Waals surface area contributed by atoms with Crippen LogP contribution < -0.4 is 10.1 Å². The second kappa shape index (κ2) is 10.3. The highest BCUT2D eigenvalue weighted by atomic mass is 32.1. The van der Waals surface area contributed by atoms with Gasteiger partial charge in [-0.15, -0.1) is 11.3 Å². The van der Waals surface area contributed by atoms with Crippen LogP contribution in [0.1, 0.15) is 34.3 Å². The Bertz CT molecular complexity index is 1240. The minimum Gasteiger partial charge on any atom is -0.494 e. The molecule has 0 aliphatic rings. The molecule has 5 nitrogen and oxygen atoms in total. The summed E-state index contributed by atoms with van der Waals surface area (Å²) in [4.78, 5) is 14.1. The molecule has 4 aromatic rings. The molecule has 0 aliphatic heterocycles. The molecule has 0 radical (unpaired) electrons. The topological polar surface area (TPSA) is 50.3 Å². The van der Waals surface area contributed by atoms with Gasteiger partial charge in [0.15, 0.2) is 0 Å². The van der Waals surface area contributed by atoms with Gasteiger partial charge < -0.3 is 10.1 Å². The zero-order chi connectivity index (χ0) is 23.4. The van der Waals surface area contributed by atoms with Crippen LogP contribution in [0.15, 0.2) is 48.5 Å². The number of aryl methyl sites for hydroxylation is 2. The highest BCUT2D eigenvalue weighted by Gasteiger charge is 2.16. The highest BCUT2D eigenvalue weighted by Crippen LogP contribution is 2.33. The van der Waals surface area contributed by atoms with Gasteiger partial charge in [-0.25, -0.2) is 14.4 Å². The second-order valence-electron chi connectivity index (χ2n) is 8.18. The number of nitrogens with zero attached hydrogens (tertiary/aromatic N) is 3. The summed E-state index contributed by atoms with van der Waals surface area (Å²) in [6.45, 7) is 8.81. The summed E-state index contributed by atoms with van der Waals surface area (Å²) in [5.74, 6) is 2.27. The van der Waals surface area contributed by atoms with Crippen LogP contribution in [0, 0.1) is 19.7 Å². The van der Waals surface area contributed by atoms with Gasteiger partial charge in [-0.2, -0.15) is 0 Å². The summed E-state index contributed by atoms with van der Waals surface area (Å²) < 4.78 is 18.8. The fourth-order valence-electron chi connectivity index (χ4n) is 3.79. The molecular weight excluding hydrogens is 435 g/mol. The molecule has 2 aromatic heterocycles.